The van der Waals surface area contributed by atoms with Gasteiger partial charge in [0.2, 0.25) is 0 Å². The fourth-order valence-corrected chi connectivity index (χ4v) is 2.73. The SMILES string of the molecule is CN=C(NCc1cccc(C(=O)NC)c1)N(C)Cc1cccc(Cl)c1.I. The lowest BCUT2D eigenvalue weighted by Crippen LogP contribution is -2.38. The second-order valence-electron chi connectivity index (χ2n) is 5.67. The lowest BCUT2D eigenvalue weighted by Gasteiger charge is -2.22. The fraction of sp³-hybridized carbons (Fsp3) is 0.263. The Morgan fingerprint density at radius 2 is 1.85 bits per heavy atom. The Morgan fingerprint density at radius 3 is 2.50 bits per heavy atom. The van der Waals surface area contributed by atoms with Crippen molar-refractivity contribution in [3.8, 4) is 0 Å². The zero-order valence-corrected chi connectivity index (χ0v) is 18.2. The smallest absolute Gasteiger partial charge is 0.251 e. The third kappa shape index (κ3) is 6.49. The lowest BCUT2D eigenvalue weighted by atomic mass is 10.1. The van der Waals surface area contributed by atoms with E-state index in [1.54, 1.807) is 20.2 Å². The summed E-state index contributed by atoms with van der Waals surface area (Å²) < 4.78 is 0. The molecule has 0 saturated carbocycles. The highest BCUT2D eigenvalue weighted by molar-refractivity contribution is 14.0. The molecule has 0 aliphatic carbocycles. The number of halogens is 2. The number of rotatable bonds is 5. The number of guanidine groups is 1. The Balaban J connectivity index is 0.00000338. The molecule has 0 bridgehead atoms. The molecule has 0 heterocycles. The van der Waals surface area contributed by atoms with E-state index in [2.05, 4.69) is 15.6 Å². The summed E-state index contributed by atoms with van der Waals surface area (Å²) >= 11 is 6.04. The molecule has 2 aromatic carbocycles. The lowest BCUT2D eigenvalue weighted by molar-refractivity contribution is 0.0963. The van der Waals surface area contributed by atoms with Crippen molar-refractivity contribution in [3.05, 3.63) is 70.2 Å². The molecule has 0 unspecified atom stereocenters. The minimum absolute atomic E-state index is 0. The molecule has 0 radical (unpaired) electrons. The standard InChI is InChI=1S/C19H23ClN4O.HI/c1-21-18(25)16-8-4-6-14(10-16)12-23-19(22-2)24(3)13-15-7-5-9-17(20)11-15;/h4-11H,12-13H2,1-3H3,(H,21,25)(H,22,23);1H. The van der Waals surface area contributed by atoms with Crippen molar-refractivity contribution < 1.29 is 4.79 Å². The van der Waals surface area contributed by atoms with Crippen LogP contribution in [0, 0.1) is 0 Å². The molecular weight excluding hydrogens is 463 g/mol. The molecule has 7 heteroatoms. The Bertz CT molecular complexity index is 767. The van der Waals surface area contributed by atoms with E-state index in [0.717, 1.165) is 22.1 Å². The Kier molecular flexibility index (Phi) is 9.43. The monoisotopic (exact) mass is 486 g/mol. The maximum absolute atomic E-state index is 11.7. The van der Waals surface area contributed by atoms with E-state index < -0.39 is 0 Å². The number of benzene rings is 2. The first-order chi connectivity index (χ1) is 12.0. The summed E-state index contributed by atoms with van der Waals surface area (Å²) in [6, 6.07) is 15.3. The first-order valence-corrected chi connectivity index (χ1v) is 8.38. The molecule has 0 saturated heterocycles. The van der Waals surface area contributed by atoms with Gasteiger partial charge in [-0.05, 0) is 35.4 Å². The van der Waals surface area contributed by atoms with Gasteiger partial charge in [-0.3, -0.25) is 9.79 Å². The molecule has 140 valence electrons. The number of aliphatic imine (C=N–C) groups is 1. The summed E-state index contributed by atoms with van der Waals surface area (Å²) in [5.74, 6) is 0.676. The van der Waals surface area contributed by atoms with Gasteiger partial charge < -0.3 is 15.5 Å². The molecule has 2 aromatic rings. The van der Waals surface area contributed by atoms with Crippen LogP contribution in [0.1, 0.15) is 21.5 Å². The molecule has 1 amide bonds. The van der Waals surface area contributed by atoms with Gasteiger partial charge in [-0.1, -0.05) is 35.9 Å². The van der Waals surface area contributed by atoms with E-state index in [4.69, 9.17) is 11.6 Å². The van der Waals surface area contributed by atoms with Crippen LogP contribution in [0.25, 0.3) is 0 Å². The maximum atomic E-state index is 11.7. The quantitative estimate of drug-likeness (QED) is 0.386. The highest BCUT2D eigenvalue weighted by atomic mass is 127. The van der Waals surface area contributed by atoms with Crippen LogP contribution in [0.2, 0.25) is 5.02 Å². The fourth-order valence-electron chi connectivity index (χ4n) is 2.52. The molecule has 0 aromatic heterocycles. The second-order valence-corrected chi connectivity index (χ2v) is 6.10. The van der Waals surface area contributed by atoms with Gasteiger partial charge >= 0.3 is 0 Å². The van der Waals surface area contributed by atoms with Crippen LogP contribution in [0.3, 0.4) is 0 Å². The third-order valence-electron chi connectivity index (χ3n) is 3.75. The van der Waals surface area contributed by atoms with E-state index >= 15 is 0 Å². The highest BCUT2D eigenvalue weighted by Gasteiger charge is 2.08. The average Bonchev–Trinajstić information content (AvgIpc) is 2.61. The largest absolute Gasteiger partial charge is 0.355 e. The van der Waals surface area contributed by atoms with Crippen LogP contribution in [0.15, 0.2) is 53.5 Å². The summed E-state index contributed by atoms with van der Waals surface area (Å²) in [6.45, 7) is 1.27. The molecule has 2 N–H and O–H groups in total. The van der Waals surface area contributed by atoms with Crippen LogP contribution in [-0.2, 0) is 13.1 Å². The number of hydrogen-bond acceptors (Lipinski definition) is 2. The van der Waals surface area contributed by atoms with Crippen molar-refractivity contribution >= 4 is 47.4 Å². The third-order valence-corrected chi connectivity index (χ3v) is 3.98. The van der Waals surface area contributed by atoms with Gasteiger partial charge in [0.25, 0.3) is 5.91 Å². The second kappa shape index (κ2) is 11.0. The van der Waals surface area contributed by atoms with Gasteiger partial charge in [0, 0.05) is 44.8 Å². The topological polar surface area (TPSA) is 56.7 Å². The van der Waals surface area contributed by atoms with Crippen molar-refractivity contribution in [1.29, 1.82) is 0 Å². The predicted octanol–water partition coefficient (Wildman–Crippen LogP) is 3.53. The first kappa shape index (κ1) is 22.2. The van der Waals surface area contributed by atoms with Crippen molar-refractivity contribution in [1.82, 2.24) is 15.5 Å². The zero-order chi connectivity index (χ0) is 18.2. The van der Waals surface area contributed by atoms with Crippen LogP contribution in [0.5, 0.6) is 0 Å². The number of carbonyl (C=O) groups is 1. The average molecular weight is 487 g/mol. The zero-order valence-electron chi connectivity index (χ0n) is 15.1. The number of amides is 1. The van der Waals surface area contributed by atoms with Gasteiger partial charge in [0.05, 0.1) is 0 Å². The molecule has 0 fully saturated rings. The number of carbonyl (C=O) groups excluding carboxylic acids is 1. The number of nitrogens with one attached hydrogen (secondary N) is 2. The van der Waals surface area contributed by atoms with Crippen molar-refractivity contribution in [2.24, 2.45) is 4.99 Å². The molecule has 26 heavy (non-hydrogen) atoms. The summed E-state index contributed by atoms with van der Waals surface area (Å²) in [6.07, 6.45) is 0. The van der Waals surface area contributed by atoms with Gasteiger partial charge in [-0.15, -0.1) is 24.0 Å². The first-order valence-electron chi connectivity index (χ1n) is 8.00. The van der Waals surface area contributed by atoms with Crippen LogP contribution in [-0.4, -0.2) is 37.9 Å². The van der Waals surface area contributed by atoms with Crippen LogP contribution >= 0.6 is 35.6 Å². The molecule has 0 aliphatic rings. The molecule has 0 spiro atoms. The molecule has 2 rings (SSSR count). The Morgan fingerprint density at radius 1 is 1.15 bits per heavy atom. The minimum atomic E-state index is -0.0932. The van der Waals surface area contributed by atoms with E-state index in [0.29, 0.717) is 18.7 Å². The summed E-state index contributed by atoms with van der Waals surface area (Å²) in [5.41, 5.74) is 2.77. The van der Waals surface area contributed by atoms with Crippen molar-refractivity contribution in [3.63, 3.8) is 0 Å². The molecule has 0 aliphatic heterocycles. The molecule has 0 atom stereocenters. The van der Waals surface area contributed by atoms with E-state index in [-0.39, 0.29) is 29.9 Å². The van der Waals surface area contributed by atoms with Crippen molar-refractivity contribution in [2.75, 3.05) is 21.1 Å². The summed E-state index contributed by atoms with van der Waals surface area (Å²) in [7, 11) is 5.34. The summed E-state index contributed by atoms with van der Waals surface area (Å²) in [4.78, 5) is 18.1. The van der Waals surface area contributed by atoms with Crippen molar-refractivity contribution in [2.45, 2.75) is 13.1 Å². The van der Waals surface area contributed by atoms with Crippen LogP contribution in [0.4, 0.5) is 0 Å². The molecular formula is C19H24ClIN4O. The summed E-state index contributed by atoms with van der Waals surface area (Å²) in [5, 5.41) is 6.67. The van der Waals surface area contributed by atoms with E-state index in [1.165, 1.54) is 0 Å². The maximum Gasteiger partial charge on any atom is 0.251 e. The van der Waals surface area contributed by atoms with Gasteiger partial charge in [-0.2, -0.15) is 0 Å². The Labute approximate surface area is 176 Å². The van der Waals surface area contributed by atoms with Gasteiger partial charge in [-0.25, -0.2) is 0 Å². The van der Waals surface area contributed by atoms with Crippen LogP contribution < -0.4 is 10.6 Å². The number of hydrogen-bond donors (Lipinski definition) is 2. The highest BCUT2D eigenvalue weighted by Crippen LogP contribution is 2.12. The van der Waals surface area contributed by atoms with E-state index in [1.807, 2.05) is 54.4 Å². The predicted molar refractivity (Wildman–Crippen MR) is 118 cm³/mol. The normalized spacial score (nSPS) is 10.7. The molecule has 5 nitrogen and oxygen atoms in total. The number of nitrogens with zero attached hydrogens (tertiary/aromatic N) is 2. The van der Waals surface area contributed by atoms with Gasteiger partial charge in [0.15, 0.2) is 5.96 Å². The van der Waals surface area contributed by atoms with Gasteiger partial charge in [0.1, 0.15) is 0 Å². The van der Waals surface area contributed by atoms with E-state index in [9.17, 15) is 4.79 Å². The Hall–Kier alpha value is -1.80. The minimum Gasteiger partial charge on any atom is -0.355 e.